The van der Waals surface area contributed by atoms with Gasteiger partial charge in [0.15, 0.2) is 0 Å². The molecule has 0 bridgehead atoms. The number of amides is 1. The molecule has 0 fully saturated rings. The zero-order chi connectivity index (χ0) is 16.3. The van der Waals surface area contributed by atoms with E-state index < -0.39 is 10.8 Å². The van der Waals surface area contributed by atoms with Gasteiger partial charge in [0.25, 0.3) is 11.6 Å². The number of benzene rings is 2. The highest BCUT2D eigenvalue weighted by Crippen LogP contribution is 2.23. The first-order chi connectivity index (χ1) is 10.4. The summed E-state index contributed by atoms with van der Waals surface area (Å²) in [5.74, 6) is -0.443. The second-order valence-corrected chi connectivity index (χ2v) is 5.43. The van der Waals surface area contributed by atoms with Crippen molar-refractivity contribution in [3.63, 3.8) is 0 Å². The van der Waals surface area contributed by atoms with Crippen LogP contribution < -0.4 is 5.32 Å². The lowest BCUT2D eigenvalue weighted by Crippen LogP contribution is -2.27. The summed E-state index contributed by atoms with van der Waals surface area (Å²) in [6, 6.07) is 11.3. The molecule has 0 radical (unpaired) electrons. The van der Waals surface area contributed by atoms with Gasteiger partial charge in [-0.15, -0.1) is 0 Å². The zero-order valence-corrected chi connectivity index (χ0v) is 12.9. The minimum absolute atomic E-state index is 0.0924. The number of non-ortho nitro benzene ring substituents is 1. The molecule has 5 nitrogen and oxygen atoms in total. The molecular weight excluding hydrogens is 304 g/mol. The summed E-state index contributed by atoms with van der Waals surface area (Å²) >= 11 is 5.96. The monoisotopic (exact) mass is 318 g/mol. The Morgan fingerprint density at radius 3 is 2.45 bits per heavy atom. The first-order valence-electron chi connectivity index (χ1n) is 6.70. The molecule has 22 heavy (non-hydrogen) atoms. The van der Waals surface area contributed by atoms with E-state index in [4.69, 9.17) is 11.6 Å². The standard InChI is InChI=1S/C16H15ClN2O3/c1-10-3-5-12(6-4-10)11(2)18-16(20)14-9-13(19(21)22)7-8-15(14)17/h3-9,11H,1-2H3,(H,18,20)/t11-/m0/s1. The first kappa shape index (κ1) is 16.0. The van der Waals surface area contributed by atoms with E-state index in [1.165, 1.54) is 18.2 Å². The third kappa shape index (κ3) is 3.62. The summed E-state index contributed by atoms with van der Waals surface area (Å²) in [6.45, 7) is 3.82. The maximum atomic E-state index is 12.3. The Kier molecular flexibility index (Phi) is 4.78. The molecule has 1 amide bonds. The number of hydrogen-bond donors (Lipinski definition) is 1. The molecule has 6 heteroatoms. The van der Waals surface area contributed by atoms with Crippen molar-refractivity contribution >= 4 is 23.2 Å². The lowest BCUT2D eigenvalue weighted by atomic mass is 10.1. The average molecular weight is 319 g/mol. The second kappa shape index (κ2) is 6.58. The van der Waals surface area contributed by atoms with Crippen molar-refractivity contribution in [3.05, 3.63) is 74.3 Å². The Balaban J connectivity index is 2.20. The fourth-order valence-electron chi connectivity index (χ4n) is 2.01. The maximum absolute atomic E-state index is 12.3. The highest BCUT2D eigenvalue weighted by Gasteiger charge is 2.17. The molecule has 0 saturated carbocycles. The van der Waals surface area contributed by atoms with Crippen molar-refractivity contribution in [2.45, 2.75) is 19.9 Å². The minimum Gasteiger partial charge on any atom is -0.345 e. The van der Waals surface area contributed by atoms with Gasteiger partial charge in [0.1, 0.15) is 0 Å². The molecular formula is C16H15ClN2O3. The molecule has 0 aromatic heterocycles. The van der Waals surface area contributed by atoms with Crippen LogP contribution in [0.3, 0.4) is 0 Å². The largest absolute Gasteiger partial charge is 0.345 e. The third-order valence-corrected chi connectivity index (χ3v) is 3.66. The van der Waals surface area contributed by atoms with Gasteiger partial charge in [-0.05, 0) is 25.5 Å². The summed E-state index contributed by atoms with van der Waals surface area (Å²) in [7, 11) is 0. The van der Waals surface area contributed by atoms with Crippen LogP contribution >= 0.6 is 11.6 Å². The number of nitrogens with one attached hydrogen (secondary N) is 1. The van der Waals surface area contributed by atoms with Crippen LogP contribution in [-0.4, -0.2) is 10.8 Å². The summed E-state index contributed by atoms with van der Waals surface area (Å²) in [5.41, 5.74) is 2.00. The van der Waals surface area contributed by atoms with Crippen LogP contribution in [0.15, 0.2) is 42.5 Å². The highest BCUT2D eigenvalue weighted by atomic mass is 35.5. The van der Waals surface area contributed by atoms with Gasteiger partial charge in [-0.3, -0.25) is 14.9 Å². The summed E-state index contributed by atoms with van der Waals surface area (Å²) in [6.07, 6.45) is 0. The van der Waals surface area contributed by atoms with E-state index in [-0.39, 0.29) is 22.3 Å². The van der Waals surface area contributed by atoms with Crippen molar-refractivity contribution < 1.29 is 9.72 Å². The molecule has 2 rings (SSSR count). The van der Waals surface area contributed by atoms with Gasteiger partial charge in [-0.1, -0.05) is 41.4 Å². The Morgan fingerprint density at radius 1 is 1.23 bits per heavy atom. The van der Waals surface area contributed by atoms with Gasteiger partial charge < -0.3 is 5.32 Å². The number of carbonyl (C=O) groups is 1. The molecule has 2 aromatic carbocycles. The summed E-state index contributed by atoms with van der Waals surface area (Å²) < 4.78 is 0. The van der Waals surface area contributed by atoms with Gasteiger partial charge in [0.2, 0.25) is 0 Å². The van der Waals surface area contributed by atoms with Gasteiger partial charge in [0.05, 0.1) is 21.6 Å². The average Bonchev–Trinajstić information content (AvgIpc) is 2.47. The van der Waals surface area contributed by atoms with Crippen LogP contribution in [0.25, 0.3) is 0 Å². The molecule has 0 unspecified atom stereocenters. The SMILES string of the molecule is Cc1ccc([C@H](C)NC(=O)c2cc([N+](=O)[O-])ccc2Cl)cc1. The molecule has 0 heterocycles. The number of rotatable bonds is 4. The zero-order valence-electron chi connectivity index (χ0n) is 12.2. The summed E-state index contributed by atoms with van der Waals surface area (Å²) in [4.78, 5) is 22.5. The number of carbonyl (C=O) groups excluding carboxylic acids is 1. The molecule has 0 aliphatic carbocycles. The molecule has 0 saturated heterocycles. The number of aryl methyl sites for hydroxylation is 1. The molecule has 0 spiro atoms. The number of nitro benzene ring substituents is 1. The van der Waals surface area contributed by atoms with Crippen LogP contribution in [-0.2, 0) is 0 Å². The predicted octanol–water partition coefficient (Wildman–Crippen LogP) is 4.05. The Labute approximate surface area is 133 Å². The van der Waals surface area contributed by atoms with Crippen LogP contribution in [0.4, 0.5) is 5.69 Å². The van der Waals surface area contributed by atoms with E-state index >= 15 is 0 Å². The lowest BCUT2D eigenvalue weighted by Gasteiger charge is -2.15. The summed E-state index contributed by atoms with van der Waals surface area (Å²) in [5, 5.41) is 13.8. The topological polar surface area (TPSA) is 72.2 Å². The molecule has 0 aliphatic rings. The van der Waals surface area contributed by atoms with E-state index in [0.29, 0.717) is 0 Å². The van der Waals surface area contributed by atoms with E-state index in [9.17, 15) is 14.9 Å². The highest BCUT2D eigenvalue weighted by molar-refractivity contribution is 6.33. The van der Waals surface area contributed by atoms with Crippen molar-refractivity contribution in [1.82, 2.24) is 5.32 Å². The number of hydrogen-bond acceptors (Lipinski definition) is 3. The smallest absolute Gasteiger partial charge is 0.270 e. The lowest BCUT2D eigenvalue weighted by molar-refractivity contribution is -0.384. The molecule has 1 atom stereocenters. The van der Waals surface area contributed by atoms with Crippen molar-refractivity contribution in [1.29, 1.82) is 0 Å². The number of halogens is 1. The van der Waals surface area contributed by atoms with E-state index in [2.05, 4.69) is 5.32 Å². The Bertz CT molecular complexity index is 714. The minimum atomic E-state index is -0.559. The predicted molar refractivity (Wildman–Crippen MR) is 85.2 cm³/mol. The van der Waals surface area contributed by atoms with Gasteiger partial charge in [0, 0.05) is 12.1 Å². The van der Waals surface area contributed by atoms with Crippen LogP contribution in [0.1, 0.15) is 34.5 Å². The van der Waals surface area contributed by atoms with E-state index in [1.807, 2.05) is 38.1 Å². The van der Waals surface area contributed by atoms with Gasteiger partial charge in [-0.25, -0.2) is 0 Å². The molecule has 2 aromatic rings. The van der Waals surface area contributed by atoms with Crippen molar-refractivity contribution in [3.8, 4) is 0 Å². The van der Waals surface area contributed by atoms with Crippen LogP contribution in [0.5, 0.6) is 0 Å². The normalized spacial score (nSPS) is 11.8. The Hall–Kier alpha value is -2.40. The van der Waals surface area contributed by atoms with Crippen molar-refractivity contribution in [2.75, 3.05) is 0 Å². The quantitative estimate of drug-likeness (QED) is 0.682. The number of nitrogens with zero attached hydrogens (tertiary/aromatic N) is 1. The van der Waals surface area contributed by atoms with Gasteiger partial charge in [-0.2, -0.15) is 0 Å². The first-order valence-corrected chi connectivity index (χ1v) is 7.07. The van der Waals surface area contributed by atoms with Crippen molar-refractivity contribution in [2.24, 2.45) is 0 Å². The Morgan fingerprint density at radius 2 is 1.86 bits per heavy atom. The maximum Gasteiger partial charge on any atom is 0.270 e. The van der Waals surface area contributed by atoms with E-state index in [0.717, 1.165) is 11.1 Å². The molecule has 0 aliphatic heterocycles. The second-order valence-electron chi connectivity index (χ2n) is 5.03. The molecule has 114 valence electrons. The van der Waals surface area contributed by atoms with E-state index in [1.54, 1.807) is 0 Å². The number of nitro groups is 1. The fourth-order valence-corrected chi connectivity index (χ4v) is 2.22. The molecule has 1 N–H and O–H groups in total. The van der Waals surface area contributed by atoms with Crippen LogP contribution in [0, 0.1) is 17.0 Å². The third-order valence-electron chi connectivity index (χ3n) is 3.33. The fraction of sp³-hybridized carbons (Fsp3) is 0.188. The van der Waals surface area contributed by atoms with Gasteiger partial charge >= 0.3 is 0 Å². The van der Waals surface area contributed by atoms with Crippen LogP contribution in [0.2, 0.25) is 5.02 Å².